The Morgan fingerprint density at radius 1 is 1.35 bits per heavy atom. The number of carbonyl (C=O) groups excluding carboxylic acids is 1. The summed E-state index contributed by atoms with van der Waals surface area (Å²) in [6.07, 6.45) is 0. The third-order valence-electron chi connectivity index (χ3n) is 2.67. The van der Waals surface area contributed by atoms with E-state index in [1.54, 1.807) is 18.2 Å². The molecule has 1 amide bonds. The molecule has 20 heavy (non-hydrogen) atoms. The van der Waals surface area contributed by atoms with Crippen LogP contribution >= 0.6 is 11.6 Å². The monoisotopic (exact) mass is 294 g/mol. The van der Waals surface area contributed by atoms with Crippen LogP contribution in [0.5, 0.6) is 5.75 Å². The molecule has 0 saturated carbocycles. The fourth-order valence-electron chi connectivity index (χ4n) is 1.68. The van der Waals surface area contributed by atoms with Crippen molar-refractivity contribution in [2.45, 2.75) is 0 Å². The SMILES string of the molecule is COc1cc(N)ccc1NC(=O)c1cccc(F)c1Cl. The highest BCUT2D eigenvalue weighted by Crippen LogP contribution is 2.28. The average Bonchev–Trinajstić information content (AvgIpc) is 2.43. The standard InChI is InChI=1S/C14H12ClFN2O2/c1-20-12-7-8(17)5-6-11(12)18-14(19)9-3-2-4-10(16)13(9)15/h2-7H,17H2,1H3,(H,18,19). The van der Waals surface area contributed by atoms with Crippen LogP contribution in [0, 0.1) is 5.82 Å². The van der Waals surface area contributed by atoms with Gasteiger partial charge in [0.05, 0.1) is 23.4 Å². The van der Waals surface area contributed by atoms with Gasteiger partial charge < -0.3 is 15.8 Å². The molecule has 6 heteroatoms. The van der Waals surface area contributed by atoms with Gasteiger partial charge in [-0.25, -0.2) is 4.39 Å². The van der Waals surface area contributed by atoms with Gasteiger partial charge in [-0.1, -0.05) is 17.7 Å². The number of nitrogens with two attached hydrogens (primary N) is 1. The second kappa shape index (κ2) is 5.79. The molecular formula is C14H12ClFN2O2. The largest absolute Gasteiger partial charge is 0.494 e. The molecule has 0 aliphatic rings. The number of rotatable bonds is 3. The molecule has 0 radical (unpaired) electrons. The van der Waals surface area contributed by atoms with E-state index in [9.17, 15) is 9.18 Å². The lowest BCUT2D eigenvalue weighted by Crippen LogP contribution is -2.13. The zero-order chi connectivity index (χ0) is 14.7. The van der Waals surface area contributed by atoms with Crippen molar-refractivity contribution >= 4 is 28.9 Å². The van der Waals surface area contributed by atoms with Crippen LogP contribution in [0.1, 0.15) is 10.4 Å². The van der Waals surface area contributed by atoms with Crippen LogP contribution in [0.3, 0.4) is 0 Å². The summed E-state index contributed by atoms with van der Waals surface area (Å²) >= 11 is 5.77. The first kappa shape index (κ1) is 14.1. The number of amides is 1. The van der Waals surface area contributed by atoms with E-state index in [2.05, 4.69) is 5.32 Å². The minimum atomic E-state index is -0.649. The molecule has 104 valence electrons. The van der Waals surface area contributed by atoms with Crippen LogP contribution in [0.2, 0.25) is 5.02 Å². The van der Waals surface area contributed by atoms with Crippen LogP contribution in [0.4, 0.5) is 15.8 Å². The van der Waals surface area contributed by atoms with Crippen molar-refractivity contribution in [2.24, 2.45) is 0 Å². The summed E-state index contributed by atoms with van der Waals surface area (Å²) < 4.78 is 18.4. The minimum absolute atomic E-state index is 0.0468. The molecule has 0 unspecified atom stereocenters. The van der Waals surface area contributed by atoms with Gasteiger partial charge in [-0.05, 0) is 24.3 Å². The molecule has 2 aromatic carbocycles. The topological polar surface area (TPSA) is 64.3 Å². The predicted octanol–water partition coefficient (Wildman–Crippen LogP) is 3.32. The molecule has 2 rings (SSSR count). The number of ether oxygens (including phenoxy) is 1. The van der Waals surface area contributed by atoms with Gasteiger partial charge in [0.1, 0.15) is 11.6 Å². The van der Waals surface area contributed by atoms with E-state index >= 15 is 0 Å². The van der Waals surface area contributed by atoms with Crippen LogP contribution in [0.25, 0.3) is 0 Å². The molecule has 0 atom stereocenters. The quantitative estimate of drug-likeness (QED) is 0.854. The number of benzene rings is 2. The molecule has 0 saturated heterocycles. The van der Waals surface area contributed by atoms with Crippen LogP contribution in [0.15, 0.2) is 36.4 Å². The highest BCUT2D eigenvalue weighted by Gasteiger charge is 2.15. The summed E-state index contributed by atoms with van der Waals surface area (Å²) in [5.74, 6) is -0.771. The van der Waals surface area contributed by atoms with E-state index < -0.39 is 11.7 Å². The second-order valence-corrected chi connectivity index (χ2v) is 4.39. The van der Waals surface area contributed by atoms with Gasteiger partial charge in [0.25, 0.3) is 5.91 Å². The first-order chi connectivity index (χ1) is 9.52. The highest BCUT2D eigenvalue weighted by molar-refractivity contribution is 6.34. The molecule has 0 aliphatic heterocycles. The molecule has 2 aromatic rings. The first-order valence-electron chi connectivity index (χ1n) is 5.72. The second-order valence-electron chi connectivity index (χ2n) is 4.02. The number of nitrogens with one attached hydrogen (secondary N) is 1. The van der Waals surface area contributed by atoms with Crippen LogP contribution in [-0.2, 0) is 0 Å². The number of carbonyl (C=O) groups is 1. The highest BCUT2D eigenvalue weighted by atomic mass is 35.5. The third-order valence-corrected chi connectivity index (χ3v) is 3.05. The van der Waals surface area contributed by atoms with Crippen molar-refractivity contribution in [3.8, 4) is 5.75 Å². The molecule has 0 bridgehead atoms. The van der Waals surface area contributed by atoms with Crippen molar-refractivity contribution in [2.75, 3.05) is 18.2 Å². The molecule has 0 spiro atoms. The summed E-state index contributed by atoms with van der Waals surface area (Å²) in [5, 5.41) is 2.38. The lowest BCUT2D eigenvalue weighted by Gasteiger charge is -2.11. The maximum Gasteiger partial charge on any atom is 0.257 e. The minimum Gasteiger partial charge on any atom is -0.494 e. The first-order valence-corrected chi connectivity index (χ1v) is 6.09. The molecule has 4 nitrogen and oxygen atoms in total. The van der Waals surface area contributed by atoms with E-state index in [1.807, 2.05) is 0 Å². The Bertz CT molecular complexity index is 662. The smallest absolute Gasteiger partial charge is 0.257 e. The lowest BCUT2D eigenvalue weighted by atomic mass is 10.2. The summed E-state index contributed by atoms with van der Waals surface area (Å²) in [7, 11) is 1.46. The fraction of sp³-hybridized carbons (Fsp3) is 0.0714. The van der Waals surface area contributed by atoms with Gasteiger partial charge in [-0.15, -0.1) is 0 Å². The Hall–Kier alpha value is -2.27. The molecular weight excluding hydrogens is 283 g/mol. The number of hydrogen-bond acceptors (Lipinski definition) is 3. The van der Waals surface area contributed by atoms with Gasteiger partial charge in [-0.2, -0.15) is 0 Å². The third kappa shape index (κ3) is 2.83. The fourth-order valence-corrected chi connectivity index (χ4v) is 1.89. The van der Waals surface area contributed by atoms with Crippen LogP contribution < -0.4 is 15.8 Å². The number of nitrogen functional groups attached to an aromatic ring is 1. The van der Waals surface area contributed by atoms with Crippen LogP contribution in [-0.4, -0.2) is 13.0 Å². The predicted molar refractivity (Wildman–Crippen MR) is 76.8 cm³/mol. The Labute approximate surface area is 120 Å². The van der Waals surface area contributed by atoms with Gasteiger partial charge in [0.2, 0.25) is 0 Å². The van der Waals surface area contributed by atoms with Crippen molar-refractivity contribution in [3.05, 3.63) is 52.8 Å². The maximum atomic E-state index is 13.3. The Balaban J connectivity index is 2.30. The zero-order valence-corrected chi connectivity index (χ0v) is 11.4. The number of methoxy groups -OCH3 is 1. The normalized spacial score (nSPS) is 10.2. The van der Waals surface area contributed by atoms with Crippen molar-refractivity contribution in [3.63, 3.8) is 0 Å². The van der Waals surface area contributed by atoms with E-state index in [-0.39, 0.29) is 10.6 Å². The Morgan fingerprint density at radius 3 is 2.80 bits per heavy atom. The lowest BCUT2D eigenvalue weighted by molar-refractivity contribution is 0.102. The number of halogens is 2. The maximum absolute atomic E-state index is 13.3. The Morgan fingerprint density at radius 2 is 2.10 bits per heavy atom. The molecule has 0 aliphatic carbocycles. The summed E-state index contributed by atoms with van der Waals surface area (Å²) in [5.41, 5.74) is 6.60. The van der Waals surface area contributed by atoms with Crippen molar-refractivity contribution < 1.29 is 13.9 Å². The Kier molecular flexibility index (Phi) is 4.10. The van der Waals surface area contributed by atoms with E-state index in [4.69, 9.17) is 22.1 Å². The van der Waals surface area contributed by atoms with Gasteiger partial charge >= 0.3 is 0 Å². The summed E-state index contributed by atoms with van der Waals surface area (Å²) in [6, 6.07) is 8.82. The van der Waals surface area contributed by atoms with E-state index in [1.165, 1.54) is 25.3 Å². The molecule has 0 aromatic heterocycles. The summed E-state index contributed by atoms with van der Waals surface area (Å²) in [6.45, 7) is 0. The molecule has 3 N–H and O–H groups in total. The van der Waals surface area contributed by atoms with Gasteiger partial charge in [0, 0.05) is 11.8 Å². The van der Waals surface area contributed by atoms with Gasteiger partial charge in [-0.3, -0.25) is 4.79 Å². The average molecular weight is 295 g/mol. The van der Waals surface area contributed by atoms with Crippen molar-refractivity contribution in [1.29, 1.82) is 0 Å². The molecule has 0 heterocycles. The van der Waals surface area contributed by atoms with Gasteiger partial charge in [0.15, 0.2) is 0 Å². The number of hydrogen-bond donors (Lipinski definition) is 2. The van der Waals surface area contributed by atoms with E-state index in [0.29, 0.717) is 17.1 Å². The van der Waals surface area contributed by atoms with E-state index in [0.717, 1.165) is 0 Å². The molecule has 0 fully saturated rings. The zero-order valence-electron chi connectivity index (χ0n) is 10.6. The van der Waals surface area contributed by atoms with Crippen molar-refractivity contribution in [1.82, 2.24) is 0 Å². The summed E-state index contributed by atoms with van der Waals surface area (Å²) in [4.78, 5) is 12.1. The number of anilines is 2.